The summed E-state index contributed by atoms with van der Waals surface area (Å²) >= 11 is 0. The Labute approximate surface area is 121 Å². The molecule has 3 aromatic heterocycles. The number of nitrogens with one attached hydrogen (secondary N) is 2. The van der Waals surface area contributed by atoms with Gasteiger partial charge in [-0.2, -0.15) is 0 Å². The van der Waals surface area contributed by atoms with Crippen LogP contribution in [0.25, 0.3) is 33.2 Å². The molecule has 4 nitrogen and oxygen atoms in total. The van der Waals surface area contributed by atoms with Crippen molar-refractivity contribution < 1.29 is 4.74 Å². The number of fused-ring (bicyclic) bond motifs is 2. The zero-order chi connectivity index (χ0) is 14.2. The Hall–Kier alpha value is -2.59. The zero-order valence-electron chi connectivity index (χ0n) is 11.7. The molecule has 4 heteroatoms. The number of hydrogen-bond donors (Lipinski definition) is 2. The van der Waals surface area contributed by atoms with Crippen LogP contribution in [0, 0.1) is 0 Å². The highest BCUT2D eigenvalue weighted by atomic mass is 16.5. The number of benzene rings is 1. The second kappa shape index (κ2) is 4.75. The van der Waals surface area contributed by atoms with E-state index in [1.165, 1.54) is 10.9 Å². The van der Waals surface area contributed by atoms with Crippen LogP contribution in [-0.2, 0) is 11.3 Å². The Kier molecular flexibility index (Phi) is 2.75. The molecule has 3 heterocycles. The highest BCUT2D eigenvalue weighted by Gasteiger charge is 2.10. The molecule has 0 spiro atoms. The van der Waals surface area contributed by atoms with E-state index in [1.807, 2.05) is 12.3 Å². The monoisotopic (exact) mass is 277 g/mol. The Balaban J connectivity index is 1.90. The van der Waals surface area contributed by atoms with E-state index in [1.54, 1.807) is 13.3 Å². The van der Waals surface area contributed by atoms with Crippen LogP contribution < -0.4 is 0 Å². The van der Waals surface area contributed by atoms with Crippen molar-refractivity contribution in [2.75, 3.05) is 7.11 Å². The molecule has 0 bridgehead atoms. The van der Waals surface area contributed by atoms with Crippen molar-refractivity contribution in [3.05, 3.63) is 54.4 Å². The first-order valence-electron chi connectivity index (χ1n) is 6.88. The molecule has 0 aliphatic rings. The fourth-order valence-corrected chi connectivity index (χ4v) is 2.75. The van der Waals surface area contributed by atoms with Crippen molar-refractivity contribution >= 4 is 21.9 Å². The van der Waals surface area contributed by atoms with Gasteiger partial charge in [-0.15, -0.1) is 0 Å². The van der Waals surface area contributed by atoms with Crippen molar-refractivity contribution in [3.63, 3.8) is 0 Å². The van der Waals surface area contributed by atoms with Gasteiger partial charge in [0.25, 0.3) is 0 Å². The van der Waals surface area contributed by atoms with Gasteiger partial charge in [-0.25, -0.2) is 4.98 Å². The average molecular weight is 277 g/mol. The minimum atomic E-state index is 0.620. The fourth-order valence-electron chi connectivity index (χ4n) is 2.75. The first-order valence-corrected chi connectivity index (χ1v) is 6.88. The summed E-state index contributed by atoms with van der Waals surface area (Å²) in [6, 6.07) is 12.5. The minimum absolute atomic E-state index is 0.620. The molecule has 0 fully saturated rings. The van der Waals surface area contributed by atoms with E-state index >= 15 is 0 Å². The summed E-state index contributed by atoms with van der Waals surface area (Å²) in [5, 5.41) is 2.31. The standard InChI is InChI=1S/C17H15N3O/c1-21-10-11-4-5-15-13(7-11)14(9-19-15)16-8-12-3-2-6-18-17(12)20-16/h2-9,19H,10H2,1H3,(H,18,20). The molecule has 1 aromatic carbocycles. The predicted octanol–water partition coefficient (Wildman–Crippen LogP) is 3.86. The Morgan fingerprint density at radius 2 is 2.14 bits per heavy atom. The van der Waals surface area contributed by atoms with Crippen LogP contribution in [-0.4, -0.2) is 22.1 Å². The molecule has 2 N–H and O–H groups in total. The van der Waals surface area contributed by atoms with E-state index in [4.69, 9.17) is 4.74 Å². The van der Waals surface area contributed by atoms with Crippen molar-refractivity contribution in [2.45, 2.75) is 6.61 Å². The highest BCUT2D eigenvalue weighted by Crippen LogP contribution is 2.30. The van der Waals surface area contributed by atoms with Crippen LogP contribution in [0.5, 0.6) is 0 Å². The van der Waals surface area contributed by atoms with Crippen LogP contribution in [0.3, 0.4) is 0 Å². The Morgan fingerprint density at radius 1 is 1.19 bits per heavy atom. The summed E-state index contributed by atoms with van der Waals surface area (Å²) < 4.78 is 5.22. The van der Waals surface area contributed by atoms with Gasteiger partial charge in [0.05, 0.1) is 6.61 Å². The number of ether oxygens (including phenoxy) is 1. The third-order valence-corrected chi connectivity index (χ3v) is 3.74. The van der Waals surface area contributed by atoms with Gasteiger partial charge in [-0.1, -0.05) is 6.07 Å². The largest absolute Gasteiger partial charge is 0.380 e. The third kappa shape index (κ3) is 2.00. The molecule has 0 saturated carbocycles. The lowest BCUT2D eigenvalue weighted by molar-refractivity contribution is 0.185. The van der Waals surface area contributed by atoms with Crippen LogP contribution in [0.1, 0.15) is 5.56 Å². The van der Waals surface area contributed by atoms with E-state index in [0.717, 1.165) is 27.8 Å². The number of nitrogens with zero attached hydrogens (tertiary/aromatic N) is 1. The summed E-state index contributed by atoms with van der Waals surface area (Å²) in [7, 11) is 1.71. The van der Waals surface area contributed by atoms with Crippen LogP contribution in [0.4, 0.5) is 0 Å². The maximum absolute atomic E-state index is 5.22. The van der Waals surface area contributed by atoms with Gasteiger partial charge >= 0.3 is 0 Å². The normalized spacial score (nSPS) is 11.5. The average Bonchev–Trinajstić information content (AvgIpc) is 3.10. The number of aromatic nitrogens is 3. The first kappa shape index (κ1) is 12.2. The lowest BCUT2D eigenvalue weighted by Gasteiger charge is -2.01. The van der Waals surface area contributed by atoms with Gasteiger partial charge in [0, 0.05) is 47.1 Å². The molecule has 4 aromatic rings. The molecule has 0 saturated heterocycles. The zero-order valence-corrected chi connectivity index (χ0v) is 11.7. The van der Waals surface area contributed by atoms with Gasteiger partial charge in [0.1, 0.15) is 5.65 Å². The smallest absolute Gasteiger partial charge is 0.137 e. The molecule has 4 rings (SSSR count). The van der Waals surface area contributed by atoms with Crippen molar-refractivity contribution in [1.29, 1.82) is 0 Å². The van der Waals surface area contributed by atoms with Gasteiger partial charge in [-0.3, -0.25) is 0 Å². The topological polar surface area (TPSA) is 53.7 Å². The maximum Gasteiger partial charge on any atom is 0.137 e. The molecule has 0 unspecified atom stereocenters. The number of aromatic amines is 2. The van der Waals surface area contributed by atoms with Crippen molar-refractivity contribution in [3.8, 4) is 11.3 Å². The number of H-pyrrole nitrogens is 2. The van der Waals surface area contributed by atoms with Crippen molar-refractivity contribution in [1.82, 2.24) is 15.0 Å². The molecule has 0 aliphatic carbocycles. The molecule has 0 amide bonds. The predicted molar refractivity (Wildman–Crippen MR) is 84.1 cm³/mol. The summed E-state index contributed by atoms with van der Waals surface area (Å²) in [5.74, 6) is 0. The van der Waals surface area contributed by atoms with Crippen LogP contribution in [0.2, 0.25) is 0 Å². The van der Waals surface area contributed by atoms with E-state index in [2.05, 4.69) is 45.3 Å². The number of methoxy groups -OCH3 is 1. The second-order valence-electron chi connectivity index (χ2n) is 5.14. The Bertz CT molecular complexity index is 887. The number of rotatable bonds is 3. The fraction of sp³-hybridized carbons (Fsp3) is 0.118. The van der Waals surface area contributed by atoms with E-state index in [0.29, 0.717) is 6.61 Å². The molecule has 0 aliphatic heterocycles. The quantitative estimate of drug-likeness (QED) is 0.597. The van der Waals surface area contributed by atoms with Gasteiger partial charge < -0.3 is 14.7 Å². The molecular formula is C17H15N3O. The summed E-state index contributed by atoms with van der Waals surface area (Å²) in [6.07, 6.45) is 3.83. The lowest BCUT2D eigenvalue weighted by atomic mass is 10.1. The SMILES string of the molecule is COCc1ccc2[nH]cc(-c3cc4cccnc4[nH]3)c2c1. The lowest BCUT2D eigenvalue weighted by Crippen LogP contribution is -1.86. The molecule has 0 atom stereocenters. The van der Waals surface area contributed by atoms with Gasteiger partial charge in [-0.05, 0) is 35.9 Å². The highest BCUT2D eigenvalue weighted by molar-refractivity contribution is 5.97. The maximum atomic E-state index is 5.22. The van der Waals surface area contributed by atoms with Gasteiger partial charge in [0.15, 0.2) is 0 Å². The molecule has 21 heavy (non-hydrogen) atoms. The number of hydrogen-bond acceptors (Lipinski definition) is 2. The third-order valence-electron chi connectivity index (χ3n) is 3.74. The van der Waals surface area contributed by atoms with Crippen molar-refractivity contribution in [2.24, 2.45) is 0 Å². The Morgan fingerprint density at radius 3 is 3.00 bits per heavy atom. The molecule has 104 valence electrons. The van der Waals surface area contributed by atoms with Gasteiger partial charge in [0.2, 0.25) is 0 Å². The molecule has 0 radical (unpaired) electrons. The van der Waals surface area contributed by atoms with Crippen LogP contribution >= 0.6 is 0 Å². The van der Waals surface area contributed by atoms with E-state index in [-0.39, 0.29) is 0 Å². The van der Waals surface area contributed by atoms with E-state index in [9.17, 15) is 0 Å². The molecular weight excluding hydrogens is 262 g/mol. The van der Waals surface area contributed by atoms with E-state index < -0.39 is 0 Å². The summed E-state index contributed by atoms with van der Waals surface area (Å²) in [6.45, 7) is 0.620. The van der Waals surface area contributed by atoms with Crippen LogP contribution in [0.15, 0.2) is 48.8 Å². The minimum Gasteiger partial charge on any atom is -0.380 e. The summed E-state index contributed by atoms with van der Waals surface area (Å²) in [4.78, 5) is 11.1. The number of pyridine rings is 1. The first-order chi connectivity index (χ1) is 10.3. The summed E-state index contributed by atoms with van der Waals surface area (Å²) in [5.41, 5.74) is 5.43. The second-order valence-corrected chi connectivity index (χ2v) is 5.14.